The van der Waals surface area contributed by atoms with Crippen molar-refractivity contribution in [2.45, 2.75) is 13.3 Å². The number of rotatable bonds is 1. The molecule has 0 spiro atoms. The second-order valence-corrected chi connectivity index (χ2v) is 2.44. The van der Waals surface area contributed by atoms with Crippen molar-refractivity contribution in [1.82, 2.24) is 0 Å². The van der Waals surface area contributed by atoms with E-state index in [9.17, 15) is 4.79 Å². The number of allylic oxidation sites excluding steroid dienone is 5. The summed E-state index contributed by atoms with van der Waals surface area (Å²) in [4.78, 5) is 13.5. The van der Waals surface area contributed by atoms with Crippen LogP contribution in [0, 0.1) is 0 Å². The third-order valence-corrected chi connectivity index (χ3v) is 1.43. The van der Waals surface area contributed by atoms with Crippen LogP contribution in [0.5, 0.6) is 0 Å². The van der Waals surface area contributed by atoms with Crippen LogP contribution in [0.1, 0.15) is 13.3 Å². The Bertz CT molecular complexity index is 278. The van der Waals surface area contributed by atoms with Crippen LogP contribution in [0.3, 0.4) is 0 Å². The minimum atomic E-state index is 0.738. The quantitative estimate of drug-likeness (QED) is 0.412. The van der Waals surface area contributed by atoms with E-state index < -0.39 is 0 Å². The van der Waals surface area contributed by atoms with Gasteiger partial charge in [0, 0.05) is 6.42 Å². The van der Waals surface area contributed by atoms with Gasteiger partial charge in [0.05, 0.1) is 5.70 Å². The van der Waals surface area contributed by atoms with Crippen LogP contribution in [0.4, 0.5) is 0 Å². The first-order valence-electron chi connectivity index (χ1n) is 3.44. The van der Waals surface area contributed by atoms with Gasteiger partial charge in [0.2, 0.25) is 6.08 Å². The molecular weight excluding hydrogens is 138 g/mol. The molecule has 0 bridgehead atoms. The maximum absolute atomic E-state index is 9.92. The molecule has 1 rings (SSSR count). The fourth-order valence-electron chi connectivity index (χ4n) is 0.925. The molecule has 2 heteroatoms. The molecule has 0 saturated carbocycles. The van der Waals surface area contributed by atoms with E-state index in [1.807, 2.05) is 31.2 Å². The van der Waals surface area contributed by atoms with Crippen LogP contribution in [0.15, 0.2) is 40.6 Å². The average Bonchev–Trinajstić information content (AvgIpc) is 2.15. The maximum atomic E-state index is 9.92. The lowest BCUT2D eigenvalue weighted by atomic mass is 10.2. The number of aliphatic imine (C=N–C) groups is 1. The molecule has 0 fully saturated rings. The lowest BCUT2D eigenvalue weighted by molar-refractivity contribution is 0.564. The van der Waals surface area contributed by atoms with Crippen molar-refractivity contribution < 1.29 is 4.79 Å². The molecule has 1 aliphatic carbocycles. The standard InChI is InChI=1S/C9H9NO/c1-8-4-2-3-5-9(6-8)10-7-11/h2-5H,6H2,1H3. The summed E-state index contributed by atoms with van der Waals surface area (Å²) < 4.78 is 0. The topological polar surface area (TPSA) is 29.4 Å². The van der Waals surface area contributed by atoms with Gasteiger partial charge in [-0.1, -0.05) is 23.8 Å². The van der Waals surface area contributed by atoms with Gasteiger partial charge >= 0.3 is 0 Å². The van der Waals surface area contributed by atoms with Crippen LogP contribution in [-0.4, -0.2) is 6.08 Å². The first kappa shape index (κ1) is 7.70. The number of isocyanates is 1. The van der Waals surface area contributed by atoms with Crippen molar-refractivity contribution in [2.24, 2.45) is 4.99 Å². The van der Waals surface area contributed by atoms with Crippen LogP contribution in [-0.2, 0) is 4.79 Å². The molecule has 0 aromatic rings. The first-order valence-corrected chi connectivity index (χ1v) is 3.44. The van der Waals surface area contributed by atoms with E-state index in [-0.39, 0.29) is 0 Å². The molecule has 1 aliphatic rings. The van der Waals surface area contributed by atoms with E-state index in [0.717, 1.165) is 12.1 Å². The largest absolute Gasteiger partial charge is 0.240 e. The molecule has 0 heterocycles. The predicted molar refractivity (Wildman–Crippen MR) is 43.7 cm³/mol. The van der Waals surface area contributed by atoms with Gasteiger partial charge in [-0.25, -0.2) is 4.79 Å². The number of nitrogens with zero attached hydrogens (tertiary/aromatic N) is 1. The summed E-state index contributed by atoms with van der Waals surface area (Å²) in [6, 6.07) is 0. The van der Waals surface area contributed by atoms with Crippen LogP contribution in [0.25, 0.3) is 0 Å². The van der Waals surface area contributed by atoms with E-state index in [1.165, 1.54) is 11.7 Å². The molecule has 0 N–H and O–H groups in total. The van der Waals surface area contributed by atoms with Crippen molar-refractivity contribution in [1.29, 1.82) is 0 Å². The fourth-order valence-corrected chi connectivity index (χ4v) is 0.925. The summed E-state index contributed by atoms with van der Waals surface area (Å²) >= 11 is 0. The highest BCUT2D eigenvalue weighted by Crippen LogP contribution is 2.13. The molecule has 0 aromatic heterocycles. The van der Waals surface area contributed by atoms with E-state index in [2.05, 4.69) is 4.99 Å². The van der Waals surface area contributed by atoms with E-state index >= 15 is 0 Å². The SMILES string of the molecule is CC1=CC=CC=C(N=C=O)C1. The minimum Gasteiger partial charge on any atom is -0.211 e. The molecule has 0 aromatic carbocycles. The van der Waals surface area contributed by atoms with E-state index in [1.54, 1.807) is 0 Å². The Morgan fingerprint density at radius 3 is 2.91 bits per heavy atom. The van der Waals surface area contributed by atoms with Crippen molar-refractivity contribution in [2.75, 3.05) is 0 Å². The molecule has 0 amide bonds. The fraction of sp³-hybridized carbons (Fsp3) is 0.222. The number of carbonyl (C=O) groups excluding carboxylic acids is 1. The van der Waals surface area contributed by atoms with Gasteiger partial charge in [-0.15, -0.1) is 0 Å². The van der Waals surface area contributed by atoms with Crippen molar-refractivity contribution in [3.05, 3.63) is 35.6 Å². The lowest BCUT2D eigenvalue weighted by Gasteiger charge is -1.95. The van der Waals surface area contributed by atoms with Gasteiger partial charge in [-0.05, 0) is 13.0 Å². The van der Waals surface area contributed by atoms with Crippen molar-refractivity contribution in [3.63, 3.8) is 0 Å². The molecule has 0 saturated heterocycles. The third-order valence-electron chi connectivity index (χ3n) is 1.43. The zero-order valence-corrected chi connectivity index (χ0v) is 6.37. The second-order valence-electron chi connectivity index (χ2n) is 2.44. The normalized spacial score (nSPS) is 16.1. The van der Waals surface area contributed by atoms with Gasteiger partial charge in [-0.2, -0.15) is 4.99 Å². The molecule has 2 nitrogen and oxygen atoms in total. The molecule has 0 unspecified atom stereocenters. The minimum absolute atomic E-state index is 0.738. The zero-order chi connectivity index (χ0) is 8.10. The summed E-state index contributed by atoms with van der Waals surface area (Å²) in [5.41, 5.74) is 1.96. The number of hydrogen-bond donors (Lipinski definition) is 0. The average molecular weight is 147 g/mol. The molecule has 56 valence electrons. The monoisotopic (exact) mass is 147 g/mol. The molecule has 0 radical (unpaired) electrons. The predicted octanol–water partition coefficient (Wildman–Crippen LogP) is 2.11. The highest BCUT2D eigenvalue weighted by atomic mass is 16.1. The van der Waals surface area contributed by atoms with Crippen LogP contribution < -0.4 is 0 Å². The highest BCUT2D eigenvalue weighted by molar-refractivity contribution is 5.39. The first-order chi connectivity index (χ1) is 5.33. The smallest absolute Gasteiger partial charge is 0.211 e. The summed E-state index contributed by atoms with van der Waals surface area (Å²) in [6.07, 6.45) is 9.89. The molecular formula is C9H9NO. The zero-order valence-electron chi connectivity index (χ0n) is 6.37. The highest BCUT2D eigenvalue weighted by Gasteiger charge is 1.96. The Morgan fingerprint density at radius 1 is 1.45 bits per heavy atom. The number of hydrogen-bond acceptors (Lipinski definition) is 2. The Hall–Kier alpha value is -1.40. The van der Waals surface area contributed by atoms with Crippen LogP contribution in [0.2, 0.25) is 0 Å². The Balaban J connectivity index is 2.84. The van der Waals surface area contributed by atoms with E-state index in [0.29, 0.717) is 0 Å². The maximum Gasteiger partial charge on any atom is 0.240 e. The molecule has 0 atom stereocenters. The molecule has 11 heavy (non-hydrogen) atoms. The van der Waals surface area contributed by atoms with Gasteiger partial charge in [-0.3, -0.25) is 0 Å². The summed E-state index contributed by atoms with van der Waals surface area (Å²) in [5, 5.41) is 0. The third kappa shape index (κ3) is 2.36. The Kier molecular flexibility index (Phi) is 2.59. The van der Waals surface area contributed by atoms with Crippen molar-refractivity contribution in [3.8, 4) is 0 Å². The van der Waals surface area contributed by atoms with Crippen molar-refractivity contribution >= 4 is 6.08 Å². The van der Waals surface area contributed by atoms with Gasteiger partial charge in [0.15, 0.2) is 0 Å². The lowest BCUT2D eigenvalue weighted by Crippen LogP contribution is -1.78. The second kappa shape index (κ2) is 3.69. The Labute approximate surface area is 65.6 Å². The Morgan fingerprint density at radius 2 is 2.18 bits per heavy atom. The van der Waals surface area contributed by atoms with Crippen LogP contribution >= 0.6 is 0 Å². The van der Waals surface area contributed by atoms with E-state index in [4.69, 9.17) is 0 Å². The summed E-state index contributed by atoms with van der Waals surface area (Å²) in [6.45, 7) is 2.00. The molecule has 0 aliphatic heterocycles. The summed E-state index contributed by atoms with van der Waals surface area (Å²) in [5.74, 6) is 0. The van der Waals surface area contributed by atoms with Gasteiger partial charge in [0.1, 0.15) is 0 Å². The summed E-state index contributed by atoms with van der Waals surface area (Å²) in [7, 11) is 0. The van der Waals surface area contributed by atoms with Gasteiger partial charge < -0.3 is 0 Å². The van der Waals surface area contributed by atoms with Gasteiger partial charge in [0.25, 0.3) is 0 Å².